The SMILES string of the molecule is Cc1cc(NC2COCC2n2nc(C3CC3)ccc2=O)nc(C2CC2)n1. The van der Waals surface area contributed by atoms with Crippen molar-refractivity contribution in [1.82, 2.24) is 19.7 Å². The van der Waals surface area contributed by atoms with E-state index in [1.54, 1.807) is 10.7 Å². The summed E-state index contributed by atoms with van der Waals surface area (Å²) in [5, 5.41) is 8.10. The van der Waals surface area contributed by atoms with Crippen LogP contribution in [0.15, 0.2) is 23.0 Å². The lowest BCUT2D eigenvalue weighted by Gasteiger charge is -2.21. The first-order chi connectivity index (χ1) is 12.7. The number of rotatable bonds is 5. The minimum Gasteiger partial charge on any atom is -0.377 e. The Hall–Kier alpha value is -2.28. The molecule has 2 aromatic heterocycles. The Balaban J connectivity index is 1.41. The highest BCUT2D eigenvalue weighted by molar-refractivity contribution is 5.38. The summed E-state index contributed by atoms with van der Waals surface area (Å²) in [6.45, 7) is 3.01. The fourth-order valence-corrected chi connectivity index (χ4v) is 3.58. The molecular formula is C19H23N5O2. The zero-order valence-electron chi connectivity index (χ0n) is 14.9. The van der Waals surface area contributed by atoms with Crippen LogP contribution in [0.2, 0.25) is 0 Å². The highest BCUT2D eigenvalue weighted by Gasteiger charge is 2.34. The molecule has 7 heteroatoms. The molecule has 2 atom stereocenters. The molecule has 136 valence electrons. The summed E-state index contributed by atoms with van der Waals surface area (Å²) in [5.74, 6) is 2.76. The Bertz CT molecular complexity index is 888. The quantitative estimate of drug-likeness (QED) is 0.887. The van der Waals surface area contributed by atoms with Gasteiger partial charge in [0.05, 0.1) is 24.9 Å². The van der Waals surface area contributed by atoms with Crippen molar-refractivity contribution in [2.75, 3.05) is 18.5 Å². The monoisotopic (exact) mass is 353 g/mol. The maximum Gasteiger partial charge on any atom is 0.267 e. The van der Waals surface area contributed by atoms with Crippen LogP contribution in [0.1, 0.15) is 60.8 Å². The Morgan fingerprint density at radius 1 is 1.12 bits per heavy atom. The second kappa shape index (κ2) is 6.16. The largest absolute Gasteiger partial charge is 0.377 e. The van der Waals surface area contributed by atoms with E-state index < -0.39 is 0 Å². The molecule has 3 fully saturated rings. The summed E-state index contributed by atoms with van der Waals surface area (Å²) < 4.78 is 7.29. The normalized spacial score (nSPS) is 25.4. The van der Waals surface area contributed by atoms with E-state index in [9.17, 15) is 4.79 Å². The van der Waals surface area contributed by atoms with Crippen LogP contribution in [0, 0.1) is 6.92 Å². The van der Waals surface area contributed by atoms with Gasteiger partial charge in [-0.3, -0.25) is 4.79 Å². The molecule has 2 unspecified atom stereocenters. The fraction of sp³-hybridized carbons (Fsp3) is 0.579. The predicted molar refractivity (Wildman–Crippen MR) is 96.5 cm³/mol. The number of aromatic nitrogens is 4. The van der Waals surface area contributed by atoms with Crippen LogP contribution in [-0.2, 0) is 4.74 Å². The van der Waals surface area contributed by atoms with Gasteiger partial charge in [-0.05, 0) is 38.7 Å². The zero-order valence-corrected chi connectivity index (χ0v) is 14.9. The molecule has 0 amide bonds. The maximum absolute atomic E-state index is 12.4. The van der Waals surface area contributed by atoms with Crippen LogP contribution >= 0.6 is 0 Å². The molecule has 26 heavy (non-hydrogen) atoms. The number of anilines is 1. The van der Waals surface area contributed by atoms with Crippen LogP contribution in [-0.4, -0.2) is 39.0 Å². The van der Waals surface area contributed by atoms with Gasteiger partial charge < -0.3 is 10.1 Å². The molecule has 0 radical (unpaired) electrons. The Labute approximate surface area is 151 Å². The van der Waals surface area contributed by atoms with E-state index in [1.165, 1.54) is 12.8 Å². The second-order valence-electron chi connectivity index (χ2n) is 7.70. The van der Waals surface area contributed by atoms with E-state index in [0.29, 0.717) is 25.0 Å². The minimum absolute atomic E-state index is 0.0315. The molecule has 3 aliphatic rings. The summed E-state index contributed by atoms with van der Waals surface area (Å²) in [6, 6.07) is 5.30. The zero-order chi connectivity index (χ0) is 17.7. The highest BCUT2D eigenvalue weighted by atomic mass is 16.5. The Kier molecular flexibility index (Phi) is 3.77. The van der Waals surface area contributed by atoms with Crippen molar-refractivity contribution in [3.63, 3.8) is 0 Å². The summed E-state index contributed by atoms with van der Waals surface area (Å²) in [4.78, 5) is 21.6. The molecule has 7 nitrogen and oxygen atoms in total. The van der Waals surface area contributed by atoms with Crippen LogP contribution in [0.5, 0.6) is 0 Å². The molecule has 2 saturated carbocycles. The number of nitrogens with zero attached hydrogens (tertiary/aromatic N) is 4. The average Bonchev–Trinajstić information content (AvgIpc) is 3.52. The van der Waals surface area contributed by atoms with Gasteiger partial charge in [0, 0.05) is 29.7 Å². The molecule has 3 heterocycles. The van der Waals surface area contributed by atoms with E-state index in [-0.39, 0.29) is 17.6 Å². The molecule has 1 aliphatic heterocycles. The molecule has 5 rings (SSSR count). The van der Waals surface area contributed by atoms with Gasteiger partial charge in [-0.2, -0.15) is 5.10 Å². The minimum atomic E-state index is -0.124. The van der Waals surface area contributed by atoms with Gasteiger partial charge in [0.15, 0.2) is 0 Å². The topological polar surface area (TPSA) is 81.9 Å². The summed E-state index contributed by atoms with van der Waals surface area (Å²) >= 11 is 0. The van der Waals surface area contributed by atoms with E-state index in [0.717, 1.165) is 35.9 Å². The van der Waals surface area contributed by atoms with Crippen LogP contribution < -0.4 is 10.9 Å². The second-order valence-corrected chi connectivity index (χ2v) is 7.70. The lowest BCUT2D eigenvalue weighted by atomic mass is 10.1. The molecule has 1 N–H and O–H groups in total. The van der Waals surface area contributed by atoms with Crippen molar-refractivity contribution in [3.05, 3.63) is 45.8 Å². The van der Waals surface area contributed by atoms with Crippen molar-refractivity contribution in [1.29, 1.82) is 0 Å². The first-order valence-electron chi connectivity index (χ1n) is 9.47. The maximum atomic E-state index is 12.4. The van der Waals surface area contributed by atoms with Crippen molar-refractivity contribution < 1.29 is 4.74 Å². The molecule has 2 aliphatic carbocycles. The fourth-order valence-electron chi connectivity index (χ4n) is 3.58. The third-order valence-corrected chi connectivity index (χ3v) is 5.35. The van der Waals surface area contributed by atoms with E-state index in [4.69, 9.17) is 4.74 Å². The lowest BCUT2D eigenvalue weighted by molar-refractivity contribution is 0.182. The third kappa shape index (κ3) is 3.11. The summed E-state index contributed by atoms with van der Waals surface area (Å²) in [7, 11) is 0. The van der Waals surface area contributed by atoms with Gasteiger partial charge in [-0.15, -0.1) is 0 Å². The van der Waals surface area contributed by atoms with E-state index in [1.807, 2.05) is 19.1 Å². The van der Waals surface area contributed by atoms with Gasteiger partial charge in [0.25, 0.3) is 5.56 Å². The average molecular weight is 353 g/mol. The van der Waals surface area contributed by atoms with Gasteiger partial charge in [-0.1, -0.05) is 0 Å². The van der Waals surface area contributed by atoms with Crippen LogP contribution in [0.3, 0.4) is 0 Å². The number of nitrogens with one attached hydrogen (secondary N) is 1. The van der Waals surface area contributed by atoms with Gasteiger partial charge >= 0.3 is 0 Å². The van der Waals surface area contributed by atoms with Gasteiger partial charge in [-0.25, -0.2) is 14.6 Å². The van der Waals surface area contributed by atoms with Crippen molar-refractivity contribution in [3.8, 4) is 0 Å². The first kappa shape index (κ1) is 15.9. The number of hydrogen-bond donors (Lipinski definition) is 1. The standard InChI is InChI=1S/C19H23N5O2/c1-11-8-17(22-19(20-11)13-4-5-13)21-15-9-26-10-16(15)24-18(25)7-6-14(23-24)12-2-3-12/h6-8,12-13,15-16H,2-5,9-10H2,1H3,(H,20,21,22). The van der Waals surface area contributed by atoms with E-state index in [2.05, 4.69) is 20.4 Å². The molecule has 0 bridgehead atoms. The van der Waals surface area contributed by atoms with Crippen molar-refractivity contribution in [2.24, 2.45) is 0 Å². The van der Waals surface area contributed by atoms with Crippen LogP contribution in [0.4, 0.5) is 5.82 Å². The number of ether oxygens (including phenoxy) is 1. The van der Waals surface area contributed by atoms with Gasteiger partial charge in [0.1, 0.15) is 17.7 Å². The summed E-state index contributed by atoms with van der Waals surface area (Å²) in [5.41, 5.74) is 1.91. The van der Waals surface area contributed by atoms with E-state index >= 15 is 0 Å². The number of aryl methyl sites for hydroxylation is 1. The van der Waals surface area contributed by atoms with Crippen molar-refractivity contribution in [2.45, 2.75) is 56.5 Å². The molecule has 0 spiro atoms. The summed E-state index contributed by atoms with van der Waals surface area (Å²) in [6.07, 6.45) is 4.67. The molecular weight excluding hydrogens is 330 g/mol. The lowest BCUT2D eigenvalue weighted by Crippen LogP contribution is -2.37. The van der Waals surface area contributed by atoms with Crippen molar-refractivity contribution >= 4 is 5.82 Å². The third-order valence-electron chi connectivity index (χ3n) is 5.35. The Morgan fingerprint density at radius 2 is 1.92 bits per heavy atom. The molecule has 1 saturated heterocycles. The number of hydrogen-bond acceptors (Lipinski definition) is 6. The smallest absolute Gasteiger partial charge is 0.267 e. The Morgan fingerprint density at radius 3 is 2.69 bits per heavy atom. The highest BCUT2D eigenvalue weighted by Crippen LogP contribution is 2.39. The molecule has 2 aromatic rings. The first-order valence-corrected chi connectivity index (χ1v) is 9.47. The molecule has 0 aromatic carbocycles. The van der Waals surface area contributed by atoms with Gasteiger partial charge in [0.2, 0.25) is 0 Å². The predicted octanol–water partition coefficient (Wildman–Crippen LogP) is 2.15. The van der Waals surface area contributed by atoms with Crippen LogP contribution in [0.25, 0.3) is 0 Å².